The first-order valence-electron chi connectivity index (χ1n) is 3.61. The van der Waals surface area contributed by atoms with Crippen LogP contribution < -0.4 is 0 Å². The second-order valence-electron chi connectivity index (χ2n) is 3.05. The van der Waals surface area contributed by atoms with E-state index in [1.807, 2.05) is 0 Å². The molecular weight excluding hydrogens is 255 g/mol. The van der Waals surface area contributed by atoms with Gasteiger partial charge in [-0.15, -0.1) is 0 Å². The third-order valence-electron chi connectivity index (χ3n) is 1.69. The summed E-state index contributed by atoms with van der Waals surface area (Å²) in [7, 11) is 6.32. The maximum absolute atomic E-state index is 2.30. The number of hydrogen-bond acceptors (Lipinski definition) is 4. The molecule has 1 aliphatic heterocycles. The van der Waals surface area contributed by atoms with Gasteiger partial charge in [-0.25, -0.2) is 13.1 Å². The van der Waals surface area contributed by atoms with Gasteiger partial charge < -0.3 is 0 Å². The molecule has 0 aromatic carbocycles. The van der Waals surface area contributed by atoms with Crippen LogP contribution in [0.15, 0.2) is 0 Å². The Hall–Kier alpha value is 0.570. The fraction of sp³-hybridized carbons (Fsp3) is 1.00. The number of halogens is 1. The van der Waals surface area contributed by atoms with Gasteiger partial charge in [0.05, 0.1) is 20.0 Å². The average molecular weight is 270 g/mol. The van der Waals surface area contributed by atoms with Crippen molar-refractivity contribution in [3.63, 3.8) is 0 Å². The van der Waals surface area contributed by atoms with E-state index in [1.165, 1.54) is 0 Å². The van der Waals surface area contributed by atoms with Crippen LogP contribution in [0.2, 0.25) is 0 Å². The molecule has 1 saturated heterocycles. The summed E-state index contributed by atoms with van der Waals surface area (Å²) in [4.78, 5) is 2.28. The summed E-state index contributed by atoms with van der Waals surface area (Å²) in [5.74, 6) is 0. The molecule has 5 heteroatoms. The Morgan fingerprint density at radius 2 is 2.00 bits per heavy atom. The Labute approximate surface area is 82.2 Å². The van der Waals surface area contributed by atoms with E-state index >= 15 is 0 Å². The molecule has 0 atom stereocenters. The number of hydrogen-bond donors (Lipinski definition) is 0. The van der Waals surface area contributed by atoms with Gasteiger partial charge in [0.2, 0.25) is 0 Å². The molecular formula is C6H15IN4. The molecule has 0 saturated carbocycles. The summed E-state index contributed by atoms with van der Waals surface area (Å²) in [6.45, 7) is 3.05. The van der Waals surface area contributed by atoms with Gasteiger partial charge in [0.15, 0.2) is 0 Å². The van der Waals surface area contributed by atoms with Crippen LogP contribution in [-0.4, -0.2) is 59.2 Å². The molecule has 1 rings (SSSR count). The third-order valence-corrected chi connectivity index (χ3v) is 2.00. The van der Waals surface area contributed by atoms with Gasteiger partial charge in [-0.05, 0) is 14.1 Å². The molecule has 0 N–H and O–H groups in total. The first kappa shape index (κ1) is 9.66. The van der Waals surface area contributed by atoms with Crippen molar-refractivity contribution in [3.8, 4) is 0 Å². The lowest BCUT2D eigenvalue weighted by atomic mass is 10.8. The van der Waals surface area contributed by atoms with Crippen molar-refractivity contribution in [3.05, 3.63) is 0 Å². The Morgan fingerprint density at radius 1 is 1.36 bits per heavy atom. The van der Waals surface area contributed by atoms with Crippen LogP contribution in [0.25, 0.3) is 0 Å². The van der Waals surface area contributed by atoms with Crippen LogP contribution in [0.1, 0.15) is 0 Å². The number of rotatable bonds is 2. The molecule has 1 fully saturated rings. The first-order valence-corrected chi connectivity index (χ1v) is 4.57. The van der Waals surface area contributed by atoms with Crippen molar-refractivity contribution in [2.45, 2.75) is 0 Å². The lowest BCUT2D eigenvalue weighted by Gasteiger charge is -2.24. The highest BCUT2D eigenvalue weighted by molar-refractivity contribution is 14.1. The van der Waals surface area contributed by atoms with Crippen LogP contribution in [0.5, 0.6) is 0 Å². The van der Waals surface area contributed by atoms with Gasteiger partial charge in [-0.1, -0.05) is 0 Å². The SMILES string of the molecule is CN(I)CN1CN(C)CN1C. The highest BCUT2D eigenvalue weighted by Gasteiger charge is 2.22. The molecule has 0 bridgehead atoms. The number of hydrazine groups is 1. The molecule has 0 aliphatic carbocycles. The van der Waals surface area contributed by atoms with Crippen LogP contribution >= 0.6 is 22.9 Å². The molecule has 0 radical (unpaired) electrons. The van der Waals surface area contributed by atoms with Crippen LogP contribution in [0.4, 0.5) is 0 Å². The average Bonchev–Trinajstić information content (AvgIpc) is 2.09. The van der Waals surface area contributed by atoms with Gasteiger partial charge in [0.25, 0.3) is 0 Å². The smallest absolute Gasteiger partial charge is 0.0750 e. The maximum Gasteiger partial charge on any atom is 0.0750 e. The quantitative estimate of drug-likeness (QED) is 0.526. The lowest BCUT2D eigenvalue weighted by Crippen LogP contribution is -2.38. The largest absolute Gasteiger partial charge is 0.278 e. The van der Waals surface area contributed by atoms with E-state index < -0.39 is 0 Å². The molecule has 66 valence electrons. The van der Waals surface area contributed by atoms with Crippen molar-refractivity contribution < 1.29 is 0 Å². The van der Waals surface area contributed by atoms with Crippen LogP contribution in [0.3, 0.4) is 0 Å². The molecule has 1 heterocycles. The second kappa shape index (κ2) is 3.99. The minimum absolute atomic E-state index is 0.987. The Morgan fingerprint density at radius 3 is 2.36 bits per heavy atom. The van der Waals surface area contributed by atoms with Crippen molar-refractivity contribution >= 4 is 22.9 Å². The van der Waals surface area contributed by atoms with E-state index in [0.29, 0.717) is 0 Å². The Bertz CT molecular complexity index is 130. The third kappa shape index (κ3) is 2.83. The molecule has 0 spiro atoms. The van der Waals surface area contributed by atoms with Crippen molar-refractivity contribution in [2.24, 2.45) is 0 Å². The highest BCUT2D eigenvalue weighted by Crippen LogP contribution is 2.08. The van der Waals surface area contributed by atoms with E-state index in [2.05, 4.69) is 62.0 Å². The standard InChI is InChI=1S/C6H15IN4/c1-8-4-10(3)11(5-8)6-9(2)7/h4-6H2,1-3H3. The minimum Gasteiger partial charge on any atom is -0.278 e. The molecule has 0 aromatic heterocycles. The Balaban J connectivity index is 2.34. The molecule has 11 heavy (non-hydrogen) atoms. The van der Waals surface area contributed by atoms with E-state index in [9.17, 15) is 0 Å². The monoisotopic (exact) mass is 270 g/mol. The lowest BCUT2D eigenvalue weighted by molar-refractivity contribution is 0.0342. The minimum atomic E-state index is 0.987. The van der Waals surface area contributed by atoms with E-state index in [1.54, 1.807) is 0 Å². The van der Waals surface area contributed by atoms with Crippen molar-refractivity contribution in [1.29, 1.82) is 0 Å². The van der Waals surface area contributed by atoms with Crippen LogP contribution in [-0.2, 0) is 0 Å². The predicted octanol–water partition coefficient (Wildman–Crippen LogP) is 0.235. The van der Waals surface area contributed by atoms with Crippen molar-refractivity contribution in [2.75, 3.05) is 41.1 Å². The molecule has 1 aliphatic rings. The van der Waals surface area contributed by atoms with Gasteiger partial charge in [0, 0.05) is 29.9 Å². The van der Waals surface area contributed by atoms with Gasteiger partial charge in [-0.3, -0.25) is 4.90 Å². The maximum atomic E-state index is 2.30. The summed E-state index contributed by atoms with van der Waals surface area (Å²) in [5.41, 5.74) is 0. The summed E-state index contributed by atoms with van der Waals surface area (Å²) in [6, 6.07) is 0. The fourth-order valence-electron chi connectivity index (χ4n) is 1.25. The van der Waals surface area contributed by atoms with E-state index in [0.717, 1.165) is 20.0 Å². The zero-order valence-corrected chi connectivity index (χ0v) is 9.45. The summed E-state index contributed by atoms with van der Waals surface area (Å²) in [6.07, 6.45) is 0. The summed E-state index contributed by atoms with van der Waals surface area (Å²) >= 11 is 2.30. The molecule has 0 amide bonds. The summed E-state index contributed by atoms with van der Waals surface area (Å²) < 4.78 is 2.15. The van der Waals surface area contributed by atoms with Gasteiger partial charge >= 0.3 is 0 Å². The normalized spacial score (nSPS) is 23.7. The zero-order valence-electron chi connectivity index (χ0n) is 7.29. The zero-order chi connectivity index (χ0) is 8.43. The molecule has 4 nitrogen and oxygen atoms in total. The van der Waals surface area contributed by atoms with E-state index in [-0.39, 0.29) is 0 Å². The molecule has 0 aromatic rings. The van der Waals surface area contributed by atoms with Gasteiger partial charge in [0.1, 0.15) is 0 Å². The first-order chi connectivity index (χ1) is 5.09. The summed E-state index contributed by atoms with van der Waals surface area (Å²) in [5, 5.41) is 4.53. The fourth-order valence-corrected chi connectivity index (χ4v) is 1.60. The van der Waals surface area contributed by atoms with Gasteiger partial charge in [-0.2, -0.15) is 0 Å². The predicted molar refractivity (Wildman–Crippen MR) is 53.7 cm³/mol. The topological polar surface area (TPSA) is 13.0 Å². The van der Waals surface area contributed by atoms with E-state index in [4.69, 9.17) is 0 Å². The molecule has 0 unspecified atom stereocenters. The second-order valence-corrected chi connectivity index (χ2v) is 4.70. The highest BCUT2D eigenvalue weighted by atomic mass is 127. The Kier molecular flexibility index (Phi) is 3.51. The van der Waals surface area contributed by atoms with Crippen molar-refractivity contribution in [1.82, 2.24) is 18.0 Å². The van der Waals surface area contributed by atoms with Crippen LogP contribution in [0, 0.1) is 0 Å². The number of nitrogens with zero attached hydrogens (tertiary/aromatic N) is 4.